The molecule has 1 radical (unpaired) electrons. The Kier molecular flexibility index (Phi) is 3.11. The Bertz CT molecular complexity index is 811. The smallest absolute Gasteiger partial charge is 0.326 e. The lowest BCUT2D eigenvalue weighted by molar-refractivity contribution is 0.615. The molecular weight excluding hydrogens is 260 g/mol. The second kappa shape index (κ2) is 4.94. The van der Waals surface area contributed by atoms with Crippen LogP contribution in [0.25, 0.3) is 11.0 Å². The summed E-state index contributed by atoms with van der Waals surface area (Å²) in [5.41, 5.74) is 1.42. The summed E-state index contributed by atoms with van der Waals surface area (Å²) in [4.78, 5) is 17.9. The summed E-state index contributed by atoms with van der Waals surface area (Å²) in [6.07, 6.45) is 2.52. The molecule has 0 fully saturated rings. The topological polar surface area (TPSA) is 70.9 Å². The van der Waals surface area contributed by atoms with E-state index in [4.69, 9.17) is 5.02 Å². The number of nitrogens with one attached hydrogen (secondary N) is 1. The quantitative estimate of drug-likeness (QED) is 0.665. The lowest BCUT2D eigenvalue weighted by Crippen LogP contribution is -2.13. The first-order valence-corrected chi connectivity index (χ1v) is 5.97. The van der Waals surface area contributed by atoms with Crippen LogP contribution in [0.15, 0.2) is 41.6 Å². The lowest BCUT2D eigenvalue weighted by Gasteiger charge is -2.05. The zero-order valence-electron chi connectivity index (χ0n) is 10.4. The molecule has 20 heavy (non-hydrogen) atoms. The Balaban J connectivity index is 2.02. The zero-order chi connectivity index (χ0) is 14.1. The number of hydrogen-bond acceptors (Lipinski definition) is 3. The predicted molar refractivity (Wildman–Crippen MR) is 73.5 cm³/mol. The molecular formula is C13H10BFN3O2. The van der Waals surface area contributed by atoms with Crippen LogP contribution < -0.4 is 11.0 Å². The van der Waals surface area contributed by atoms with E-state index in [1.807, 2.05) is 12.1 Å². The average Bonchev–Trinajstić information content (AvgIpc) is 2.77. The summed E-state index contributed by atoms with van der Waals surface area (Å²) in [7, 11) is 1.01. The fraction of sp³-hybridized carbons (Fsp3) is 0.0769. The van der Waals surface area contributed by atoms with Gasteiger partial charge in [0.1, 0.15) is 5.39 Å². The van der Waals surface area contributed by atoms with Crippen LogP contribution in [0, 0.1) is 5.82 Å². The van der Waals surface area contributed by atoms with Gasteiger partial charge in [0, 0.05) is 12.7 Å². The van der Waals surface area contributed by atoms with Gasteiger partial charge in [0.2, 0.25) is 0 Å². The normalized spacial score (nSPS) is 10.9. The number of benzene rings is 1. The minimum atomic E-state index is -0.588. The van der Waals surface area contributed by atoms with Gasteiger partial charge >= 0.3 is 7.48 Å². The van der Waals surface area contributed by atoms with Gasteiger partial charge in [0.25, 0.3) is 5.56 Å². The van der Waals surface area contributed by atoms with Crippen molar-refractivity contribution in [1.82, 2.24) is 14.5 Å². The Morgan fingerprint density at radius 3 is 2.80 bits per heavy atom. The maximum Gasteiger partial charge on any atom is 0.326 e. The van der Waals surface area contributed by atoms with Gasteiger partial charge in [-0.3, -0.25) is 4.79 Å². The molecule has 99 valence electrons. The van der Waals surface area contributed by atoms with Gasteiger partial charge in [-0.1, -0.05) is 29.7 Å². The number of aromatic nitrogens is 3. The molecule has 3 rings (SSSR count). The van der Waals surface area contributed by atoms with E-state index in [1.54, 1.807) is 16.7 Å². The van der Waals surface area contributed by atoms with Crippen molar-refractivity contribution >= 4 is 24.0 Å². The number of fused-ring (bicyclic) bond motifs is 1. The van der Waals surface area contributed by atoms with Crippen molar-refractivity contribution in [3.8, 4) is 0 Å². The van der Waals surface area contributed by atoms with E-state index in [-0.39, 0.29) is 5.39 Å². The van der Waals surface area contributed by atoms with Gasteiger partial charge in [0.15, 0.2) is 11.5 Å². The second-order valence-electron chi connectivity index (χ2n) is 4.41. The largest absolute Gasteiger partial charge is 0.450 e. The first kappa shape index (κ1) is 12.6. The highest BCUT2D eigenvalue weighted by molar-refractivity contribution is 6.45. The van der Waals surface area contributed by atoms with Gasteiger partial charge in [-0.15, -0.1) is 0 Å². The number of aromatic amines is 1. The summed E-state index contributed by atoms with van der Waals surface area (Å²) in [6, 6.07) is 7.13. The summed E-state index contributed by atoms with van der Waals surface area (Å²) in [6.45, 7) is 0.391. The Labute approximate surface area is 114 Å². The number of rotatable bonds is 3. The number of H-pyrrole nitrogens is 1. The van der Waals surface area contributed by atoms with E-state index in [2.05, 4.69) is 9.97 Å². The van der Waals surface area contributed by atoms with Crippen LogP contribution in [-0.2, 0) is 6.54 Å². The fourth-order valence-electron chi connectivity index (χ4n) is 2.11. The van der Waals surface area contributed by atoms with Crippen LogP contribution in [-0.4, -0.2) is 27.0 Å². The first-order chi connectivity index (χ1) is 9.69. The summed E-state index contributed by atoms with van der Waals surface area (Å²) in [5, 5.41) is 8.83. The molecule has 0 unspecified atom stereocenters. The molecule has 2 N–H and O–H groups in total. The summed E-state index contributed by atoms with van der Waals surface area (Å²) >= 11 is 0. The average molecular weight is 270 g/mol. The molecule has 0 aliphatic rings. The number of halogens is 1. The third-order valence-electron chi connectivity index (χ3n) is 3.09. The summed E-state index contributed by atoms with van der Waals surface area (Å²) < 4.78 is 15.4. The van der Waals surface area contributed by atoms with Crippen molar-refractivity contribution in [1.29, 1.82) is 0 Å². The van der Waals surface area contributed by atoms with Gasteiger partial charge < -0.3 is 14.6 Å². The molecule has 5 nitrogen and oxygen atoms in total. The fourth-order valence-corrected chi connectivity index (χ4v) is 2.11. The van der Waals surface area contributed by atoms with E-state index in [1.165, 1.54) is 12.5 Å². The number of nitrogens with zero attached hydrogens (tertiary/aromatic N) is 2. The second-order valence-corrected chi connectivity index (χ2v) is 4.41. The van der Waals surface area contributed by atoms with Crippen molar-refractivity contribution in [3.63, 3.8) is 0 Å². The maximum atomic E-state index is 13.8. The molecule has 7 heteroatoms. The number of hydrogen-bond donors (Lipinski definition) is 2. The van der Waals surface area contributed by atoms with Crippen molar-refractivity contribution in [2.24, 2.45) is 0 Å². The van der Waals surface area contributed by atoms with E-state index >= 15 is 0 Å². The van der Waals surface area contributed by atoms with Crippen LogP contribution in [0.2, 0.25) is 0 Å². The minimum Gasteiger partial charge on any atom is -0.450 e. The van der Waals surface area contributed by atoms with Crippen molar-refractivity contribution < 1.29 is 9.41 Å². The highest BCUT2D eigenvalue weighted by Crippen LogP contribution is 2.15. The van der Waals surface area contributed by atoms with Crippen molar-refractivity contribution in [2.75, 3.05) is 0 Å². The molecule has 0 bridgehead atoms. The predicted octanol–water partition coefficient (Wildman–Crippen LogP) is 0.149. The Hall–Kier alpha value is -2.41. The first-order valence-electron chi connectivity index (χ1n) is 5.97. The summed E-state index contributed by atoms with van der Waals surface area (Å²) in [5.74, 6) is -0.588. The van der Waals surface area contributed by atoms with Gasteiger partial charge in [-0.05, 0) is 5.56 Å². The minimum absolute atomic E-state index is 0.0344. The van der Waals surface area contributed by atoms with E-state index in [9.17, 15) is 9.18 Å². The molecule has 0 aliphatic heterocycles. The van der Waals surface area contributed by atoms with Crippen molar-refractivity contribution in [3.05, 3.63) is 58.5 Å². The molecule has 0 spiro atoms. The highest BCUT2D eigenvalue weighted by Gasteiger charge is 2.12. The van der Waals surface area contributed by atoms with E-state index in [0.29, 0.717) is 17.7 Å². The third kappa shape index (κ3) is 2.12. The van der Waals surface area contributed by atoms with Crippen LogP contribution in [0.3, 0.4) is 0 Å². The molecule has 0 aliphatic carbocycles. The van der Waals surface area contributed by atoms with Crippen molar-refractivity contribution in [2.45, 2.75) is 6.54 Å². The van der Waals surface area contributed by atoms with Gasteiger partial charge in [-0.2, -0.15) is 0 Å². The monoisotopic (exact) mass is 270 g/mol. The maximum absolute atomic E-state index is 13.8. The molecule has 3 aromatic rings. The molecule has 0 amide bonds. The Morgan fingerprint density at radius 1 is 1.35 bits per heavy atom. The van der Waals surface area contributed by atoms with Crippen LogP contribution in [0.5, 0.6) is 0 Å². The Morgan fingerprint density at radius 2 is 2.10 bits per heavy atom. The van der Waals surface area contributed by atoms with Crippen LogP contribution in [0.4, 0.5) is 4.39 Å². The van der Waals surface area contributed by atoms with E-state index < -0.39 is 11.4 Å². The molecule has 0 atom stereocenters. The van der Waals surface area contributed by atoms with Crippen LogP contribution >= 0.6 is 0 Å². The standard InChI is InChI=1S/C13H10BFN3O2/c15-10-6-18(12-11(10)13(19)17-7-16-12)5-8-1-3-9(14-20)4-2-8/h1-4,6-7,20H,5H2,(H,16,17,19). The SMILES string of the molecule is O=c1[nH]cnc2c1c(F)cn2Cc1ccc([B]O)cc1. The zero-order valence-corrected chi connectivity index (χ0v) is 10.4. The highest BCUT2D eigenvalue weighted by atomic mass is 19.1. The van der Waals surface area contributed by atoms with Gasteiger partial charge in [-0.25, -0.2) is 9.37 Å². The third-order valence-corrected chi connectivity index (χ3v) is 3.09. The molecule has 0 saturated carbocycles. The molecule has 1 aromatic carbocycles. The van der Waals surface area contributed by atoms with E-state index in [0.717, 1.165) is 13.0 Å². The lowest BCUT2D eigenvalue weighted by atomic mass is 9.88. The molecule has 0 saturated heterocycles. The molecule has 2 aromatic heterocycles. The van der Waals surface area contributed by atoms with Crippen LogP contribution in [0.1, 0.15) is 5.56 Å². The van der Waals surface area contributed by atoms with Gasteiger partial charge in [0.05, 0.1) is 6.33 Å². The molecule has 2 heterocycles.